The van der Waals surface area contributed by atoms with Gasteiger partial charge in [0.1, 0.15) is 11.9 Å². The van der Waals surface area contributed by atoms with Crippen molar-refractivity contribution in [3.8, 4) is 16.9 Å². The maximum atomic E-state index is 13.5. The standard InChI is InChI=1S/C30H39N3O6/c1-18(2)33-16-22-14-25(33)30(37)31-15-28-26(35)10-8-23(39-28)11-12-38-27-13-21(7-9-24(27)29(36)32-22)20-5-3-19(17-34)4-6-20/h3-7,9,13,18,22-23,25-26,28,34-35H,8,10-12,14-17H2,1-2H3,(H,31,37)(H,32,36)/t22-,23-,25-,26-,28+/m0/s1. The fraction of sp³-hybridized carbons (Fsp3) is 0.533. The van der Waals surface area contributed by atoms with Gasteiger partial charge in [-0.3, -0.25) is 14.5 Å². The van der Waals surface area contributed by atoms with E-state index in [4.69, 9.17) is 9.47 Å². The average molecular weight is 538 g/mol. The fourth-order valence-corrected chi connectivity index (χ4v) is 5.83. The molecule has 0 spiro atoms. The van der Waals surface area contributed by atoms with Gasteiger partial charge in [0, 0.05) is 31.6 Å². The summed E-state index contributed by atoms with van der Waals surface area (Å²) in [5.41, 5.74) is 3.13. The molecule has 2 fully saturated rings. The number of rotatable bonds is 3. The quantitative estimate of drug-likeness (QED) is 0.474. The first-order chi connectivity index (χ1) is 18.8. The van der Waals surface area contributed by atoms with Crippen molar-refractivity contribution < 1.29 is 29.3 Å². The van der Waals surface area contributed by atoms with Crippen LogP contribution in [0.2, 0.25) is 0 Å². The van der Waals surface area contributed by atoms with Crippen molar-refractivity contribution in [2.75, 3.05) is 19.7 Å². The predicted octanol–water partition coefficient (Wildman–Crippen LogP) is 2.23. The Kier molecular flexibility index (Phi) is 8.52. The van der Waals surface area contributed by atoms with Gasteiger partial charge < -0.3 is 30.3 Å². The second-order valence-corrected chi connectivity index (χ2v) is 11.1. The average Bonchev–Trinajstić information content (AvgIpc) is 3.37. The van der Waals surface area contributed by atoms with E-state index in [1.165, 1.54) is 0 Å². The van der Waals surface area contributed by atoms with E-state index in [1.54, 1.807) is 6.07 Å². The molecule has 5 atom stereocenters. The molecule has 3 heterocycles. The SMILES string of the molecule is CC(C)N1C[C@@H]2C[C@H]1C(=O)NC[C@H]1O[C@H](CCOc3cc(-c4ccc(CO)cc4)ccc3C(=O)N2)CC[C@@H]1O. The molecule has 2 saturated heterocycles. The Morgan fingerprint density at radius 2 is 1.82 bits per heavy atom. The molecule has 0 aliphatic carbocycles. The van der Waals surface area contributed by atoms with Gasteiger partial charge >= 0.3 is 0 Å². The van der Waals surface area contributed by atoms with Gasteiger partial charge in [0.2, 0.25) is 5.91 Å². The molecule has 210 valence electrons. The summed E-state index contributed by atoms with van der Waals surface area (Å²) < 4.78 is 12.4. The van der Waals surface area contributed by atoms with Crippen LogP contribution < -0.4 is 15.4 Å². The van der Waals surface area contributed by atoms with Gasteiger partial charge in [-0.25, -0.2) is 0 Å². The third-order valence-corrected chi connectivity index (χ3v) is 8.09. The second kappa shape index (κ2) is 12.0. The summed E-state index contributed by atoms with van der Waals surface area (Å²) in [6.07, 6.45) is 1.19. The van der Waals surface area contributed by atoms with Crippen LogP contribution in [0.15, 0.2) is 42.5 Å². The highest BCUT2D eigenvalue weighted by molar-refractivity contribution is 5.98. The van der Waals surface area contributed by atoms with E-state index in [9.17, 15) is 19.8 Å². The maximum Gasteiger partial charge on any atom is 0.255 e. The zero-order valence-electron chi connectivity index (χ0n) is 22.6. The van der Waals surface area contributed by atoms with Crippen LogP contribution in [0.25, 0.3) is 11.1 Å². The number of hydrogen-bond donors (Lipinski definition) is 4. The largest absolute Gasteiger partial charge is 0.493 e. The number of carbonyl (C=O) groups is 2. The molecule has 2 amide bonds. The molecular weight excluding hydrogens is 498 g/mol. The van der Waals surface area contributed by atoms with Gasteiger partial charge in [-0.05, 0) is 61.9 Å². The van der Waals surface area contributed by atoms with E-state index in [2.05, 4.69) is 15.5 Å². The van der Waals surface area contributed by atoms with E-state index < -0.39 is 12.2 Å². The number of hydrogen-bond acceptors (Lipinski definition) is 7. The zero-order chi connectivity index (χ0) is 27.5. The maximum absolute atomic E-state index is 13.5. The first kappa shape index (κ1) is 27.6. The van der Waals surface area contributed by atoms with E-state index in [0.29, 0.717) is 50.1 Å². The highest BCUT2D eigenvalue weighted by Crippen LogP contribution is 2.30. The van der Waals surface area contributed by atoms with Crippen LogP contribution in [0.4, 0.5) is 0 Å². The van der Waals surface area contributed by atoms with E-state index in [-0.39, 0.29) is 49.2 Å². The Bertz CT molecular complexity index is 1170. The molecule has 0 saturated carbocycles. The number of nitrogens with one attached hydrogen (secondary N) is 2. The summed E-state index contributed by atoms with van der Waals surface area (Å²) in [6.45, 7) is 5.23. The van der Waals surface area contributed by atoms with Crippen molar-refractivity contribution in [3.63, 3.8) is 0 Å². The zero-order valence-corrected chi connectivity index (χ0v) is 22.6. The van der Waals surface area contributed by atoms with Gasteiger partial charge in [0.05, 0.1) is 37.0 Å². The molecule has 39 heavy (non-hydrogen) atoms. The summed E-state index contributed by atoms with van der Waals surface area (Å²) in [5, 5.41) is 26.0. The molecule has 0 unspecified atom stereocenters. The Hall–Kier alpha value is -2.98. The molecule has 3 aliphatic heterocycles. The van der Waals surface area contributed by atoms with Crippen molar-refractivity contribution >= 4 is 11.8 Å². The number of aliphatic hydroxyl groups is 2. The first-order valence-electron chi connectivity index (χ1n) is 14.0. The summed E-state index contributed by atoms with van der Waals surface area (Å²) in [6, 6.07) is 12.7. The number of fused-ring (bicyclic) bond motifs is 5. The smallest absolute Gasteiger partial charge is 0.255 e. The third kappa shape index (κ3) is 6.27. The van der Waals surface area contributed by atoms with Gasteiger partial charge in [-0.15, -0.1) is 0 Å². The summed E-state index contributed by atoms with van der Waals surface area (Å²) in [5.74, 6) is 0.154. The molecule has 9 heteroatoms. The minimum Gasteiger partial charge on any atom is -0.493 e. The number of benzene rings is 2. The number of likely N-dealkylation sites (tertiary alicyclic amines) is 1. The van der Waals surface area contributed by atoms with Crippen LogP contribution in [-0.2, 0) is 16.1 Å². The molecule has 5 rings (SSSR count). The molecule has 0 aromatic heterocycles. The molecule has 3 aliphatic rings. The first-order valence-corrected chi connectivity index (χ1v) is 14.0. The highest BCUT2D eigenvalue weighted by atomic mass is 16.5. The number of ether oxygens (including phenoxy) is 2. The number of aliphatic hydroxyl groups excluding tert-OH is 2. The molecule has 4 N–H and O–H groups in total. The van der Waals surface area contributed by atoms with Crippen molar-refractivity contribution in [1.29, 1.82) is 0 Å². The van der Waals surface area contributed by atoms with Crippen molar-refractivity contribution in [3.05, 3.63) is 53.6 Å². The molecule has 0 radical (unpaired) electrons. The normalized spacial score (nSPS) is 28.4. The number of amides is 2. The van der Waals surface area contributed by atoms with Crippen LogP contribution in [0, 0.1) is 0 Å². The van der Waals surface area contributed by atoms with Gasteiger partial charge in [-0.1, -0.05) is 30.3 Å². The topological polar surface area (TPSA) is 120 Å². The minimum atomic E-state index is -0.626. The minimum absolute atomic E-state index is 0.0210. The lowest BCUT2D eigenvalue weighted by atomic mass is 9.99. The third-order valence-electron chi connectivity index (χ3n) is 8.09. The lowest BCUT2D eigenvalue weighted by molar-refractivity contribution is -0.134. The van der Waals surface area contributed by atoms with Crippen molar-refractivity contribution in [2.45, 2.75) is 82.6 Å². The summed E-state index contributed by atoms with van der Waals surface area (Å²) in [4.78, 5) is 28.8. The van der Waals surface area contributed by atoms with Crippen molar-refractivity contribution in [1.82, 2.24) is 15.5 Å². The van der Waals surface area contributed by atoms with Gasteiger partial charge in [-0.2, -0.15) is 0 Å². The molecule has 4 bridgehead atoms. The second-order valence-electron chi connectivity index (χ2n) is 11.1. The lowest BCUT2D eigenvalue weighted by Crippen LogP contribution is -2.51. The van der Waals surface area contributed by atoms with Crippen LogP contribution in [0.1, 0.15) is 55.5 Å². The number of carbonyl (C=O) groups excluding carboxylic acids is 2. The van der Waals surface area contributed by atoms with Crippen LogP contribution in [-0.4, -0.2) is 83.1 Å². The van der Waals surface area contributed by atoms with E-state index in [1.807, 2.05) is 50.2 Å². The Labute approximate surface area is 229 Å². The highest BCUT2D eigenvalue weighted by Gasteiger charge is 2.40. The molecular formula is C30H39N3O6. The summed E-state index contributed by atoms with van der Waals surface area (Å²) >= 11 is 0. The van der Waals surface area contributed by atoms with E-state index >= 15 is 0 Å². The molecule has 2 aromatic carbocycles. The number of nitrogens with zero attached hydrogens (tertiary/aromatic N) is 1. The van der Waals surface area contributed by atoms with E-state index in [0.717, 1.165) is 16.7 Å². The van der Waals surface area contributed by atoms with Crippen LogP contribution in [0.3, 0.4) is 0 Å². The Morgan fingerprint density at radius 1 is 1.05 bits per heavy atom. The summed E-state index contributed by atoms with van der Waals surface area (Å²) in [7, 11) is 0. The Morgan fingerprint density at radius 3 is 2.56 bits per heavy atom. The van der Waals surface area contributed by atoms with Crippen molar-refractivity contribution in [2.24, 2.45) is 0 Å². The molecule has 2 aromatic rings. The fourth-order valence-electron chi connectivity index (χ4n) is 5.83. The Balaban J connectivity index is 1.44. The molecule has 9 nitrogen and oxygen atoms in total. The lowest BCUT2D eigenvalue weighted by Gasteiger charge is -2.35. The predicted molar refractivity (Wildman–Crippen MR) is 146 cm³/mol. The van der Waals surface area contributed by atoms with Gasteiger partial charge in [0.25, 0.3) is 5.91 Å². The monoisotopic (exact) mass is 537 g/mol. The van der Waals surface area contributed by atoms with Crippen LogP contribution in [0.5, 0.6) is 5.75 Å². The van der Waals surface area contributed by atoms with Crippen LogP contribution >= 0.6 is 0 Å². The van der Waals surface area contributed by atoms with Gasteiger partial charge in [0.15, 0.2) is 0 Å².